The van der Waals surface area contributed by atoms with Crippen LogP contribution in [0.15, 0.2) is 0 Å². The fourth-order valence-electron chi connectivity index (χ4n) is 0.434. The third-order valence-electron chi connectivity index (χ3n) is 1.05. The molecule has 0 aliphatic carbocycles. The van der Waals surface area contributed by atoms with Gasteiger partial charge in [0.25, 0.3) is 0 Å². The molecule has 0 atom stereocenters. The molecule has 0 aromatic carbocycles. The van der Waals surface area contributed by atoms with Crippen molar-refractivity contribution in [2.75, 3.05) is 6.61 Å². The number of carbonyl (C=O) groups is 2. The zero-order chi connectivity index (χ0) is 8.69. The monoisotopic (exact) mass is 154 g/mol. The van der Waals surface area contributed by atoms with Crippen LogP contribution >= 0.6 is 0 Å². The van der Waals surface area contributed by atoms with Gasteiger partial charge in [0.05, 0.1) is 6.61 Å². The lowest BCUT2D eigenvalue weighted by atomic mass is 10.3. The highest BCUT2D eigenvalue weighted by Gasteiger charge is 2.10. The average Bonchev–Trinajstić information content (AvgIpc) is 2.03. The van der Waals surface area contributed by atoms with E-state index in [1.54, 1.807) is 5.92 Å². The first-order valence-electron chi connectivity index (χ1n) is 3.40. The van der Waals surface area contributed by atoms with E-state index in [4.69, 9.17) is 0 Å². The van der Waals surface area contributed by atoms with Crippen molar-refractivity contribution < 1.29 is 14.3 Å². The summed E-state index contributed by atoms with van der Waals surface area (Å²) in [5.74, 6) is -0.167. The number of carbonyl (C=O) groups excluding carboxylic acids is 2. The summed E-state index contributed by atoms with van der Waals surface area (Å²) < 4.78 is 4.50. The Morgan fingerprint density at radius 2 is 2.18 bits per heavy atom. The molecule has 0 bridgehead atoms. The Kier molecular flexibility index (Phi) is 4.83. The SMILES string of the molecule is C#CC(=O)C(=O)OCCCC. The van der Waals surface area contributed by atoms with E-state index in [1.165, 1.54) is 0 Å². The maximum absolute atomic E-state index is 10.5. The van der Waals surface area contributed by atoms with Crippen LogP contribution in [-0.4, -0.2) is 18.4 Å². The van der Waals surface area contributed by atoms with Crippen LogP contribution in [0.5, 0.6) is 0 Å². The Balaban J connectivity index is 3.55. The molecule has 3 nitrogen and oxygen atoms in total. The highest BCUT2D eigenvalue weighted by molar-refractivity contribution is 6.40. The van der Waals surface area contributed by atoms with Gasteiger partial charge >= 0.3 is 11.8 Å². The Labute approximate surface area is 65.7 Å². The average molecular weight is 154 g/mol. The van der Waals surface area contributed by atoms with Crippen molar-refractivity contribution in [2.45, 2.75) is 19.8 Å². The molecular weight excluding hydrogens is 144 g/mol. The normalized spacial score (nSPS) is 8.36. The molecule has 0 heterocycles. The fourth-order valence-corrected chi connectivity index (χ4v) is 0.434. The summed E-state index contributed by atoms with van der Waals surface area (Å²) >= 11 is 0. The summed E-state index contributed by atoms with van der Waals surface area (Å²) in [6, 6.07) is 0. The number of hydrogen-bond acceptors (Lipinski definition) is 3. The Hall–Kier alpha value is -1.30. The fraction of sp³-hybridized carbons (Fsp3) is 0.500. The zero-order valence-electron chi connectivity index (χ0n) is 6.42. The Bertz CT molecular complexity index is 188. The van der Waals surface area contributed by atoms with Crippen LogP contribution in [0.4, 0.5) is 0 Å². The molecule has 0 saturated carbocycles. The van der Waals surface area contributed by atoms with Gasteiger partial charge in [-0.2, -0.15) is 0 Å². The lowest BCUT2D eigenvalue weighted by molar-refractivity contribution is -0.151. The maximum atomic E-state index is 10.5. The molecule has 0 rings (SSSR count). The predicted octanol–water partition coefficient (Wildman–Crippen LogP) is 0.532. The molecule has 0 aromatic rings. The van der Waals surface area contributed by atoms with E-state index in [2.05, 4.69) is 11.2 Å². The molecular formula is C8H10O3. The first kappa shape index (κ1) is 9.70. The van der Waals surface area contributed by atoms with E-state index in [0.29, 0.717) is 0 Å². The van der Waals surface area contributed by atoms with E-state index in [0.717, 1.165) is 12.8 Å². The minimum Gasteiger partial charge on any atom is -0.459 e. The van der Waals surface area contributed by atoms with E-state index >= 15 is 0 Å². The van der Waals surface area contributed by atoms with Crippen molar-refractivity contribution in [1.29, 1.82) is 0 Å². The molecule has 0 aliphatic rings. The minimum atomic E-state index is -0.930. The molecule has 0 saturated heterocycles. The summed E-state index contributed by atoms with van der Waals surface area (Å²) in [6.45, 7) is 2.22. The van der Waals surface area contributed by atoms with Gasteiger partial charge in [0, 0.05) is 0 Å². The van der Waals surface area contributed by atoms with Crippen LogP contribution < -0.4 is 0 Å². The molecule has 11 heavy (non-hydrogen) atoms. The van der Waals surface area contributed by atoms with Gasteiger partial charge in [-0.25, -0.2) is 4.79 Å². The number of unbranched alkanes of at least 4 members (excludes halogenated alkanes) is 1. The van der Waals surface area contributed by atoms with E-state index in [1.807, 2.05) is 6.92 Å². The second-order valence-electron chi connectivity index (χ2n) is 1.96. The van der Waals surface area contributed by atoms with Crippen LogP contribution in [-0.2, 0) is 14.3 Å². The van der Waals surface area contributed by atoms with Crippen LogP contribution in [0.25, 0.3) is 0 Å². The molecule has 3 heteroatoms. The van der Waals surface area contributed by atoms with Crippen LogP contribution in [0.2, 0.25) is 0 Å². The lowest BCUT2D eigenvalue weighted by Gasteiger charge is -1.98. The second-order valence-corrected chi connectivity index (χ2v) is 1.96. The summed E-state index contributed by atoms with van der Waals surface area (Å²) in [4.78, 5) is 20.9. The van der Waals surface area contributed by atoms with Crippen molar-refractivity contribution in [1.82, 2.24) is 0 Å². The van der Waals surface area contributed by atoms with Crippen molar-refractivity contribution in [3.05, 3.63) is 0 Å². The van der Waals surface area contributed by atoms with Crippen LogP contribution in [0, 0.1) is 12.3 Å². The quantitative estimate of drug-likeness (QED) is 0.195. The predicted molar refractivity (Wildman–Crippen MR) is 39.7 cm³/mol. The molecule has 60 valence electrons. The van der Waals surface area contributed by atoms with Crippen molar-refractivity contribution in [2.24, 2.45) is 0 Å². The van der Waals surface area contributed by atoms with Crippen molar-refractivity contribution in [3.63, 3.8) is 0 Å². The number of terminal acetylenes is 1. The molecule has 0 spiro atoms. The Morgan fingerprint density at radius 1 is 1.55 bits per heavy atom. The zero-order valence-corrected chi connectivity index (χ0v) is 6.42. The van der Waals surface area contributed by atoms with Crippen LogP contribution in [0.1, 0.15) is 19.8 Å². The minimum absolute atomic E-state index is 0.267. The first-order chi connectivity index (χ1) is 5.22. The highest BCUT2D eigenvalue weighted by Crippen LogP contribution is 1.88. The van der Waals surface area contributed by atoms with Gasteiger partial charge in [0.2, 0.25) is 0 Å². The van der Waals surface area contributed by atoms with Gasteiger partial charge in [0.15, 0.2) is 0 Å². The van der Waals surface area contributed by atoms with Crippen LogP contribution in [0.3, 0.4) is 0 Å². The number of esters is 1. The highest BCUT2D eigenvalue weighted by atomic mass is 16.5. The molecule has 0 fully saturated rings. The summed E-state index contributed by atoms with van der Waals surface area (Å²) in [7, 11) is 0. The largest absolute Gasteiger partial charge is 0.459 e. The standard InChI is InChI=1S/C8H10O3/c1-3-5-6-11-8(10)7(9)4-2/h2H,3,5-6H2,1H3. The smallest absolute Gasteiger partial charge is 0.388 e. The van der Waals surface area contributed by atoms with E-state index in [9.17, 15) is 9.59 Å². The molecule has 0 amide bonds. The molecule has 0 aliphatic heterocycles. The molecule has 0 N–H and O–H groups in total. The summed E-state index contributed by atoms with van der Waals surface area (Å²) in [5, 5.41) is 0. The number of Topliss-reactive ketones (excluding diaryl/α,β-unsaturated/α-hetero) is 1. The number of ketones is 1. The number of rotatable bonds is 4. The van der Waals surface area contributed by atoms with Crippen molar-refractivity contribution in [3.8, 4) is 12.3 Å². The van der Waals surface area contributed by atoms with E-state index < -0.39 is 11.8 Å². The van der Waals surface area contributed by atoms with Gasteiger partial charge in [-0.15, -0.1) is 6.42 Å². The lowest BCUT2D eigenvalue weighted by Crippen LogP contribution is -2.15. The topological polar surface area (TPSA) is 43.4 Å². The molecule has 0 radical (unpaired) electrons. The third-order valence-corrected chi connectivity index (χ3v) is 1.05. The second kappa shape index (κ2) is 5.48. The van der Waals surface area contributed by atoms with Gasteiger partial charge < -0.3 is 4.74 Å². The van der Waals surface area contributed by atoms with Crippen molar-refractivity contribution >= 4 is 11.8 Å². The van der Waals surface area contributed by atoms with Gasteiger partial charge in [-0.3, -0.25) is 4.79 Å². The maximum Gasteiger partial charge on any atom is 0.388 e. The van der Waals surface area contributed by atoms with Gasteiger partial charge in [-0.1, -0.05) is 13.3 Å². The number of hydrogen-bond donors (Lipinski definition) is 0. The molecule has 0 unspecified atom stereocenters. The van der Waals surface area contributed by atoms with Gasteiger partial charge in [0.1, 0.15) is 0 Å². The van der Waals surface area contributed by atoms with Gasteiger partial charge in [-0.05, 0) is 12.3 Å². The summed E-state index contributed by atoms with van der Waals surface area (Å²) in [6.07, 6.45) is 6.34. The summed E-state index contributed by atoms with van der Waals surface area (Å²) in [5.41, 5.74) is 0. The Morgan fingerprint density at radius 3 is 2.64 bits per heavy atom. The number of ether oxygens (including phenoxy) is 1. The third kappa shape index (κ3) is 4.15. The first-order valence-corrected chi connectivity index (χ1v) is 3.40. The van der Waals surface area contributed by atoms with E-state index in [-0.39, 0.29) is 6.61 Å². The molecule has 0 aromatic heterocycles.